The number of aliphatic imine (C=N–C) groups is 1. The molecule has 114 valence electrons. The summed E-state index contributed by atoms with van der Waals surface area (Å²) in [7, 11) is 0. The molecule has 1 aliphatic heterocycles. The van der Waals surface area contributed by atoms with Crippen molar-refractivity contribution in [3.8, 4) is 0 Å². The van der Waals surface area contributed by atoms with Gasteiger partial charge in [-0.1, -0.05) is 43.4 Å². The fraction of sp³-hybridized carbons (Fsp3) is 0.588. The van der Waals surface area contributed by atoms with Crippen LogP contribution in [0.1, 0.15) is 55.7 Å². The minimum absolute atomic E-state index is 0.283. The molecule has 0 amide bonds. The van der Waals surface area contributed by atoms with E-state index >= 15 is 0 Å². The quantitative estimate of drug-likeness (QED) is 0.838. The molecule has 1 aliphatic carbocycles. The van der Waals surface area contributed by atoms with E-state index in [0.717, 1.165) is 17.5 Å². The van der Waals surface area contributed by atoms with Gasteiger partial charge in [0.15, 0.2) is 5.96 Å². The molecule has 1 aromatic carbocycles. The fourth-order valence-electron chi connectivity index (χ4n) is 3.75. The Morgan fingerprint density at radius 1 is 1.19 bits per heavy atom. The number of nitrogens with zero attached hydrogens (tertiary/aromatic N) is 2. The highest BCUT2D eigenvalue weighted by Gasteiger charge is 2.34. The molecule has 3 rings (SSSR count). The lowest BCUT2D eigenvalue weighted by atomic mass is 9.97. The number of rotatable bonds is 2. The molecule has 0 spiro atoms. The molecule has 21 heavy (non-hydrogen) atoms. The average Bonchev–Trinajstić information content (AvgIpc) is 2.67. The van der Waals surface area contributed by atoms with Crippen LogP contribution in [0.4, 0.5) is 0 Å². The molecule has 1 atom stereocenters. The maximum atomic E-state index is 6.22. The zero-order valence-electron chi connectivity index (χ0n) is 12.7. The van der Waals surface area contributed by atoms with Crippen LogP contribution in [0.25, 0.3) is 0 Å². The van der Waals surface area contributed by atoms with Crippen LogP contribution < -0.4 is 5.73 Å². The van der Waals surface area contributed by atoms with Crippen LogP contribution in [0.2, 0.25) is 5.02 Å². The standard InChI is InChI=1S/C17H24ClN3/c1-12-10-13(18)8-9-15(12)16-11-20-17(19)21(16)14-6-4-2-3-5-7-14/h8-10,14,16H,2-7,11H2,1H3,(H2,19,20). The Morgan fingerprint density at radius 2 is 1.90 bits per heavy atom. The molecule has 4 heteroatoms. The molecule has 1 fully saturated rings. The minimum Gasteiger partial charge on any atom is -0.370 e. The van der Waals surface area contributed by atoms with E-state index in [1.165, 1.54) is 49.7 Å². The van der Waals surface area contributed by atoms with Crippen LogP contribution in [0.3, 0.4) is 0 Å². The summed E-state index contributed by atoms with van der Waals surface area (Å²) in [6.07, 6.45) is 7.79. The molecule has 0 saturated heterocycles. The van der Waals surface area contributed by atoms with Gasteiger partial charge in [-0.3, -0.25) is 4.99 Å². The Kier molecular flexibility index (Phi) is 4.39. The van der Waals surface area contributed by atoms with Crippen LogP contribution in [0.15, 0.2) is 23.2 Å². The molecule has 0 aromatic heterocycles. The number of guanidine groups is 1. The highest BCUT2D eigenvalue weighted by atomic mass is 35.5. The van der Waals surface area contributed by atoms with Crippen LogP contribution in [0.5, 0.6) is 0 Å². The highest BCUT2D eigenvalue weighted by Crippen LogP contribution is 2.34. The fourth-order valence-corrected chi connectivity index (χ4v) is 3.97. The summed E-state index contributed by atoms with van der Waals surface area (Å²) in [6, 6.07) is 6.98. The third-order valence-electron chi connectivity index (χ3n) is 4.84. The van der Waals surface area contributed by atoms with Crippen LogP contribution in [0, 0.1) is 6.92 Å². The van der Waals surface area contributed by atoms with Gasteiger partial charge in [-0.25, -0.2) is 0 Å². The Labute approximate surface area is 132 Å². The van der Waals surface area contributed by atoms with E-state index < -0.39 is 0 Å². The molecular formula is C17H24ClN3. The van der Waals surface area contributed by atoms with Gasteiger partial charge < -0.3 is 10.6 Å². The van der Waals surface area contributed by atoms with Gasteiger partial charge in [-0.2, -0.15) is 0 Å². The molecule has 3 nitrogen and oxygen atoms in total. The Bertz CT molecular complexity index is 533. The van der Waals surface area contributed by atoms with E-state index in [9.17, 15) is 0 Å². The smallest absolute Gasteiger partial charge is 0.192 e. The first kappa shape index (κ1) is 14.7. The lowest BCUT2D eigenvalue weighted by Crippen LogP contribution is -2.43. The third-order valence-corrected chi connectivity index (χ3v) is 5.07. The second kappa shape index (κ2) is 6.27. The zero-order chi connectivity index (χ0) is 14.8. The molecule has 2 N–H and O–H groups in total. The highest BCUT2D eigenvalue weighted by molar-refractivity contribution is 6.30. The van der Waals surface area contributed by atoms with Crippen molar-refractivity contribution in [1.82, 2.24) is 4.90 Å². The van der Waals surface area contributed by atoms with Crippen molar-refractivity contribution in [2.75, 3.05) is 6.54 Å². The summed E-state index contributed by atoms with van der Waals surface area (Å²) in [4.78, 5) is 6.91. The van der Waals surface area contributed by atoms with Crippen molar-refractivity contribution < 1.29 is 0 Å². The molecular weight excluding hydrogens is 282 g/mol. The van der Waals surface area contributed by atoms with Gasteiger partial charge in [0.2, 0.25) is 0 Å². The van der Waals surface area contributed by atoms with Crippen molar-refractivity contribution >= 4 is 17.6 Å². The molecule has 0 bridgehead atoms. The topological polar surface area (TPSA) is 41.6 Å². The number of hydrogen-bond donors (Lipinski definition) is 1. The van der Waals surface area contributed by atoms with E-state index in [1.807, 2.05) is 12.1 Å². The molecule has 1 aromatic rings. The maximum Gasteiger partial charge on any atom is 0.192 e. The van der Waals surface area contributed by atoms with Crippen molar-refractivity contribution in [2.24, 2.45) is 10.7 Å². The first-order valence-corrected chi connectivity index (χ1v) is 8.39. The Morgan fingerprint density at radius 3 is 2.57 bits per heavy atom. The van der Waals surface area contributed by atoms with Crippen LogP contribution >= 0.6 is 11.6 Å². The van der Waals surface area contributed by atoms with E-state index in [4.69, 9.17) is 17.3 Å². The largest absolute Gasteiger partial charge is 0.370 e. The molecule has 1 saturated carbocycles. The van der Waals surface area contributed by atoms with Gasteiger partial charge >= 0.3 is 0 Å². The van der Waals surface area contributed by atoms with Crippen molar-refractivity contribution in [1.29, 1.82) is 0 Å². The zero-order valence-corrected chi connectivity index (χ0v) is 13.4. The summed E-state index contributed by atoms with van der Waals surface area (Å²) >= 11 is 6.09. The summed E-state index contributed by atoms with van der Waals surface area (Å²) in [5, 5.41) is 0.796. The van der Waals surface area contributed by atoms with Gasteiger partial charge in [0.1, 0.15) is 0 Å². The molecule has 1 heterocycles. The lowest BCUT2D eigenvalue weighted by Gasteiger charge is -2.35. The van der Waals surface area contributed by atoms with Gasteiger partial charge in [0, 0.05) is 11.1 Å². The third kappa shape index (κ3) is 3.03. The monoisotopic (exact) mass is 305 g/mol. The molecule has 2 aliphatic rings. The van der Waals surface area contributed by atoms with Crippen LogP contribution in [-0.4, -0.2) is 23.4 Å². The van der Waals surface area contributed by atoms with Crippen molar-refractivity contribution in [3.63, 3.8) is 0 Å². The first-order valence-electron chi connectivity index (χ1n) is 8.01. The normalized spacial score (nSPS) is 24.0. The number of nitrogens with two attached hydrogens (primary N) is 1. The summed E-state index contributed by atoms with van der Waals surface area (Å²) in [6.45, 7) is 2.89. The van der Waals surface area contributed by atoms with Crippen molar-refractivity contribution in [2.45, 2.75) is 57.5 Å². The van der Waals surface area contributed by atoms with E-state index in [0.29, 0.717) is 6.04 Å². The van der Waals surface area contributed by atoms with Gasteiger partial charge in [-0.15, -0.1) is 0 Å². The summed E-state index contributed by atoms with van der Waals surface area (Å²) in [5.74, 6) is 0.723. The maximum absolute atomic E-state index is 6.22. The number of aryl methyl sites for hydroxylation is 1. The van der Waals surface area contributed by atoms with Gasteiger partial charge in [0.25, 0.3) is 0 Å². The Hall–Kier alpha value is -1.22. The summed E-state index contributed by atoms with van der Waals surface area (Å²) in [5.41, 5.74) is 8.76. The van der Waals surface area contributed by atoms with E-state index in [2.05, 4.69) is 22.9 Å². The van der Waals surface area contributed by atoms with Crippen molar-refractivity contribution in [3.05, 3.63) is 34.3 Å². The molecule has 0 radical (unpaired) electrons. The summed E-state index contributed by atoms with van der Waals surface area (Å²) < 4.78 is 0. The van der Waals surface area contributed by atoms with Gasteiger partial charge in [0.05, 0.1) is 12.6 Å². The minimum atomic E-state index is 0.283. The van der Waals surface area contributed by atoms with Gasteiger partial charge in [-0.05, 0) is 43.0 Å². The Balaban J connectivity index is 1.87. The van der Waals surface area contributed by atoms with Crippen LogP contribution in [-0.2, 0) is 0 Å². The first-order chi connectivity index (χ1) is 10.2. The number of halogens is 1. The second-order valence-corrected chi connectivity index (χ2v) is 6.70. The molecule has 1 unspecified atom stereocenters. The average molecular weight is 306 g/mol. The second-order valence-electron chi connectivity index (χ2n) is 6.27. The lowest BCUT2D eigenvalue weighted by molar-refractivity contribution is 0.237. The SMILES string of the molecule is Cc1cc(Cl)ccc1C1CN=C(N)N1C1CCCCCC1. The van der Waals surface area contributed by atoms with E-state index in [-0.39, 0.29) is 6.04 Å². The number of hydrogen-bond acceptors (Lipinski definition) is 3. The number of benzene rings is 1. The predicted octanol–water partition coefficient (Wildman–Crippen LogP) is 4.04. The predicted molar refractivity (Wildman–Crippen MR) is 88.7 cm³/mol. The van der Waals surface area contributed by atoms with E-state index in [1.54, 1.807) is 0 Å².